The highest BCUT2D eigenvalue weighted by molar-refractivity contribution is 5.82. The summed E-state index contributed by atoms with van der Waals surface area (Å²) in [5.41, 5.74) is 9.29. The van der Waals surface area contributed by atoms with Gasteiger partial charge < -0.3 is 25.5 Å². The summed E-state index contributed by atoms with van der Waals surface area (Å²) in [5.74, 6) is 0.894. The van der Waals surface area contributed by atoms with Crippen LogP contribution in [0, 0.1) is 0 Å². The third-order valence-electron chi connectivity index (χ3n) is 6.52. The molecule has 0 saturated carbocycles. The van der Waals surface area contributed by atoms with E-state index in [1.54, 1.807) is 23.4 Å². The van der Waals surface area contributed by atoms with Gasteiger partial charge in [0.15, 0.2) is 5.72 Å². The molecule has 0 fully saturated rings. The number of hydrogen-bond donors (Lipinski definition) is 4. The molecule has 9 nitrogen and oxygen atoms in total. The van der Waals surface area contributed by atoms with Gasteiger partial charge in [-0.15, -0.1) is 0 Å². The smallest absolute Gasteiger partial charge is 0.229 e. The summed E-state index contributed by atoms with van der Waals surface area (Å²) in [7, 11) is 0. The molecule has 1 aliphatic heterocycles. The molecule has 9 heteroatoms. The van der Waals surface area contributed by atoms with Gasteiger partial charge in [-0.2, -0.15) is 0 Å². The largest absolute Gasteiger partial charge is 0.363 e. The fraction of sp³-hybridized carbons (Fsp3) is 0.111. The molecular formula is C27H23N7O2. The van der Waals surface area contributed by atoms with E-state index < -0.39 is 11.8 Å². The lowest BCUT2D eigenvalue weighted by atomic mass is 9.93. The van der Waals surface area contributed by atoms with E-state index in [9.17, 15) is 9.90 Å². The lowest BCUT2D eigenvalue weighted by molar-refractivity contribution is -0.109. The molecular weight excluding hydrogens is 454 g/mol. The Labute approximate surface area is 206 Å². The van der Waals surface area contributed by atoms with Gasteiger partial charge in [-0.1, -0.05) is 42.5 Å². The van der Waals surface area contributed by atoms with Crippen LogP contribution in [0.3, 0.4) is 0 Å². The first kappa shape index (κ1) is 21.9. The minimum atomic E-state index is -1.61. The predicted octanol–water partition coefficient (Wildman–Crippen LogP) is 3.51. The molecule has 178 valence electrons. The second-order valence-corrected chi connectivity index (χ2v) is 8.60. The summed E-state index contributed by atoms with van der Waals surface area (Å²) in [5, 5.41) is 15.5. The first-order valence-corrected chi connectivity index (χ1v) is 11.5. The average molecular weight is 478 g/mol. The highest BCUT2D eigenvalue weighted by atomic mass is 16.3. The van der Waals surface area contributed by atoms with Gasteiger partial charge in [-0.25, -0.2) is 15.0 Å². The van der Waals surface area contributed by atoms with E-state index in [0.717, 1.165) is 17.4 Å². The van der Waals surface area contributed by atoms with Gasteiger partial charge in [0.1, 0.15) is 12.3 Å². The Bertz CT molecular complexity index is 1570. The number of aldehydes is 1. The lowest BCUT2D eigenvalue weighted by Crippen LogP contribution is -2.44. The van der Waals surface area contributed by atoms with Crippen molar-refractivity contribution in [2.75, 3.05) is 10.2 Å². The number of nitrogens with two attached hydrogens (primary N) is 1. The lowest BCUT2D eigenvalue weighted by Gasteiger charge is -2.38. The normalized spacial score (nSPS) is 18.8. The van der Waals surface area contributed by atoms with Crippen LogP contribution in [-0.4, -0.2) is 31.3 Å². The van der Waals surface area contributed by atoms with Crippen LogP contribution in [0.5, 0.6) is 0 Å². The maximum Gasteiger partial charge on any atom is 0.229 e. The maximum atomic E-state index is 12.5. The molecule has 0 radical (unpaired) electrons. The van der Waals surface area contributed by atoms with Crippen molar-refractivity contribution in [3.05, 3.63) is 107 Å². The van der Waals surface area contributed by atoms with Crippen LogP contribution in [0.2, 0.25) is 0 Å². The Hall–Kier alpha value is -4.60. The van der Waals surface area contributed by atoms with E-state index >= 15 is 0 Å². The van der Waals surface area contributed by atoms with E-state index in [-0.39, 0.29) is 0 Å². The molecule has 0 spiro atoms. The van der Waals surface area contributed by atoms with Crippen molar-refractivity contribution in [1.82, 2.24) is 19.9 Å². The number of carbonyl (C=O) groups is 1. The number of anilines is 3. The van der Waals surface area contributed by atoms with Crippen molar-refractivity contribution in [2.24, 2.45) is 5.73 Å². The van der Waals surface area contributed by atoms with Gasteiger partial charge in [-0.05, 0) is 41.5 Å². The summed E-state index contributed by atoms with van der Waals surface area (Å²) < 4.78 is 0. The molecule has 6 rings (SSSR count). The molecule has 0 bridgehead atoms. The van der Waals surface area contributed by atoms with Gasteiger partial charge in [0.25, 0.3) is 0 Å². The third kappa shape index (κ3) is 3.41. The van der Waals surface area contributed by atoms with Crippen molar-refractivity contribution in [3.63, 3.8) is 0 Å². The standard InChI is InChI=1S/C27H23N7O2/c28-15-17-5-3-6-19(13-17)34-24(16-35)20-7-1-2-8-21(20)27(34,36)18-9-10-22-23(14-18)32-26(31-22)33-25-29-11-4-12-30-25/h1-14,16,24,36H,15,28H2,(H2,29,30,31,32,33). The number of aromatic nitrogens is 4. The van der Waals surface area contributed by atoms with Crippen LogP contribution in [0.15, 0.2) is 85.2 Å². The average Bonchev–Trinajstić information content (AvgIpc) is 3.44. The molecule has 36 heavy (non-hydrogen) atoms. The Morgan fingerprint density at radius 2 is 1.89 bits per heavy atom. The molecule has 1 aliphatic rings. The highest BCUT2D eigenvalue weighted by Gasteiger charge is 2.50. The third-order valence-corrected chi connectivity index (χ3v) is 6.52. The van der Waals surface area contributed by atoms with Crippen molar-refractivity contribution in [2.45, 2.75) is 18.3 Å². The zero-order valence-corrected chi connectivity index (χ0v) is 19.2. The summed E-state index contributed by atoms with van der Waals surface area (Å²) in [6.07, 6.45) is 4.14. The second kappa shape index (κ2) is 8.56. The van der Waals surface area contributed by atoms with Crippen LogP contribution >= 0.6 is 0 Å². The highest BCUT2D eigenvalue weighted by Crippen LogP contribution is 2.50. The Morgan fingerprint density at radius 3 is 2.69 bits per heavy atom. The second-order valence-electron chi connectivity index (χ2n) is 8.60. The van der Waals surface area contributed by atoms with Crippen LogP contribution in [0.1, 0.15) is 28.3 Å². The Balaban J connectivity index is 1.49. The number of benzene rings is 3. The van der Waals surface area contributed by atoms with Crippen LogP contribution in [0.25, 0.3) is 11.0 Å². The van der Waals surface area contributed by atoms with E-state index in [0.29, 0.717) is 46.3 Å². The van der Waals surface area contributed by atoms with Crippen molar-refractivity contribution < 1.29 is 9.90 Å². The summed E-state index contributed by atoms with van der Waals surface area (Å²) in [4.78, 5) is 30.3. The quantitative estimate of drug-likeness (QED) is 0.273. The van der Waals surface area contributed by atoms with Crippen LogP contribution in [-0.2, 0) is 17.1 Å². The van der Waals surface area contributed by atoms with Gasteiger partial charge in [-0.3, -0.25) is 5.32 Å². The Kier molecular flexibility index (Phi) is 5.21. The Morgan fingerprint density at radius 1 is 1.06 bits per heavy atom. The number of aliphatic hydroxyl groups is 1. The summed E-state index contributed by atoms with van der Waals surface area (Å²) >= 11 is 0. The van der Waals surface area contributed by atoms with E-state index in [4.69, 9.17) is 5.73 Å². The molecule has 2 unspecified atom stereocenters. The summed E-state index contributed by atoms with van der Waals surface area (Å²) in [6.45, 7) is 0.347. The SMILES string of the molecule is NCc1cccc(N2C(C=O)c3ccccc3C2(O)c2ccc3nc(Nc4ncccn4)[nH]c3c2)c1. The topological polar surface area (TPSA) is 133 Å². The van der Waals surface area contributed by atoms with E-state index in [2.05, 4.69) is 25.3 Å². The molecule has 0 aliphatic carbocycles. The molecule has 2 atom stereocenters. The zero-order chi connectivity index (χ0) is 24.7. The number of carbonyl (C=O) groups excluding carboxylic acids is 1. The monoisotopic (exact) mass is 477 g/mol. The first-order valence-electron chi connectivity index (χ1n) is 11.5. The number of nitrogens with one attached hydrogen (secondary N) is 2. The van der Waals surface area contributed by atoms with Crippen LogP contribution in [0.4, 0.5) is 17.6 Å². The molecule has 3 aromatic carbocycles. The number of aromatic amines is 1. The first-order chi connectivity index (χ1) is 17.6. The number of rotatable bonds is 6. The molecule has 5 N–H and O–H groups in total. The fourth-order valence-electron chi connectivity index (χ4n) is 4.91. The molecule has 5 aromatic rings. The van der Waals surface area contributed by atoms with E-state index in [1.165, 1.54) is 0 Å². The zero-order valence-electron chi connectivity index (χ0n) is 19.2. The predicted molar refractivity (Wildman–Crippen MR) is 136 cm³/mol. The minimum absolute atomic E-state index is 0.347. The molecule has 3 heterocycles. The number of H-pyrrole nitrogens is 1. The van der Waals surface area contributed by atoms with Gasteiger partial charge >= 0.3 is 0 Å². The van der Waals surface area contributed by atoms with Crippen LogP contribution < -0.4 is 16.0 Å². The van der Waals surface area contributed by atoms with Crippen molar-refractivity contribution in [3.8, 4) is 0 Å². The number of hydrogen-bond acceptors (Lipinski definition) is 8. The number of nitrogens with zero attached hydrogens (tertiary/aromatic N) is 4. The van der Waals surface area contributed by atoms with Crippen molar-refractivity contribution >= 4 is 34.9 Å². The van der Waals surface area contributed by atoms with Gasteiger partial charge in [0, 0.05) is 35.8 Å². The fourth-order valence-corrected chi connectivity index (χ4v) is 4.91. The molecule has 0 amide bonds. The maximum absolute atomic E-state index is 12.5. The minimum Gasteiger partial charge on any atom is -0.363 e. The number of fused-ring (bicyclic) bond motifs is 2. The van der Waals surface area contributed by atoms with Gasteiger partial charge in [0.2, 0.25) is 11.9 Å². The summed E-state index contributed by atoms with van der Waals surface area (Å²) in [6, 6.07) is 21.6. The van der Waals surface area contributed by atoms with Crippen molar-refractivity contribution in [1.29, 1.82) is 0 Å². The van der Waals surface area contributed by atoms with E-state index in [1.807, 2.05) is 66.7 Å². The molecule has 0 saturated heterocycles. The number of imidazole rings is 1. The molecule has 2 aromatic heterocycles. The van der Waals surface area contributed by atoms with Gasteiger partial charge in [0.05, 0.1) is 11.0 Å².